The number of nitrogens with one attached hydrogen (secondary N) is 1. The molecular weight excluding hydrogens is 300 g/mol. The van der Waals surface area contributed by atoms with Gasteiger partial charge in [-0.1, -0.05) is 41.9 Å². The van der Waals surface area contributed by atoms with Gasteiger partial charge in [-0.15, -0.1) is 0 Å². The van der Waals surface area contributed by atoms with Crippen molar-refractivity contribution in [1.29, 1.82) is 0 Å². The maximum atomic E-state index is 6.13. The average molecular weight is 315 g/mol. The number of hydrogen-bond acceptors (Lipinski definition) is 5. The van der Waals surface area contributed by atoms with Crippen molar-refractivity contribution in [1.82, 2.24) is 0 Å². The van der Waals surface area contributed by atoms with Crippen molar-refractivity contribution >= 4 is 29.1 Å². The van der Waals surface area contributed by atoms with Crippen molar-refractivity contribution in [2.24, 2.45) is 15.7 Å². The molecule has 0 saturated carbocycles. The van der Waals surface area contributed by atoms with E-state index in [9.17, 15) is 0 Å². The van der Waals surface area contributed by atoms with Crippen LogP contribution in [0.25, 0.3) is 0 Å². The topological polar surface area (TPSA) is 72.0 Å². The summed E-state index contributed by atoms with van der Waals surface area (Å²) < 4.78 is 5.78. The first-order chi connectivity index (χ1) is 10.7. The molecule has 112 valence electrons. The van der Waals surface area contributed by atoms with E-state index in [0.29, 0.717) is 29.8 Å². The molecule has 0 atom stereocenters. The molecule has 0 aliphatic carbocycles. The van der Waals surface area contributed by atoms with Crippen LogP contribution in [-0.4, -0.2) is 18.3 Å². The van der Waals surface area contributed by atoms with Crippen LogP contribution < -0.4 is 15.8 Å². The third-order valence-electron chi connectivity index (χ3n) is 3.05. The summed E-state index contributed by atoms with van der Waals surface area (Å²) in [6.07, 6.45) is 0. The van der Waals surface area contributed by atoms with Crippen LogP contribution in [0.5, 0.6) is 5.75 Å². The molecule has 0 amide bonds. The van der Waals surface area contributed by atoms with Gasteiger partial charge in [-0.05, 0) is 17.7 Å². The van der Waals surface area contributed by atoms with Crippen molar-refractivity contribution in [3.63, 3.8) is 0 Å². The average Bonchev–Trinajstić information content (AvgIpc) is 2.91. The van der Waals surface area contributed by atoms with E-state index in [2.05, 4.69) is 15.3 Å². The van der Waals surface area contributed by atoms with Gasteiger partial charge in [-0.2, -0.15) is 4.99 Å². The second-order valence-corrected chi connectivity index (χ2v) is 5.24. The van der Waals surface area contributed by atoms with Gasteiger partial charge in [-0.3, -0.25) is 0 Å². The predicted octanol–water partition coefficient (Wildman–Crippen LogP) is 3.06. The third kappa shape index (κ3) is 3.77. The molecule has 2 aromatic rings. The first kappa shape index (κ1) is 14.4. The minimum Gasteiger partial charge on any atom is -0.489 e. The zero-order chi connectivity index (χ0) is 15.4. The van der Waals surface area contributed by atoms with Crippen molar-refractivity contribution in [2.45, 2.75) is 6.61 Å². The lowest BCUT2D eigenvalue weighted by atomic mass is 10.2. The Morgan fingerprint density at radius 2 is 2.00 bits per heavy atom. The summed E-state index contributed by atoms with van der Waals surface area (Å²) in [7, 11) is 0. The van der Waals surface area contributed by atoms with E-state index >= 15 is 0 Å². The highest BCUT2D eigenvalue weighted by atomic mass is 35.5. The molecule has 3 rings (SSSR count). The molecular formula is C16H15ClN4O. The molecule has 0 fully saturated rings. The molecule has 0 aromatic heterocycles. The summed E-state index contributed by atoms with van der Waals surface area (Å²) >= 11 is 6.13. The van der Waals surface area contributed by atoms with E-state index in [1.807, 2.05) is 36.4 Å². The quantitative estimate of drug-likeness (QED) is 0.911. The number of nitrogens with zero attached hydrogens (tertiary/aromatic N) is 2. The summed E-state index contributed by atoms with van der Waals surface area (Å²) in [5, 5.41) is 3.73. The van der Waals surface area contributed by atoms with Crippen LogP contribution in [0.1, 0.15) is 5.56 Å². The van der Waals surface area contributed by atoms with Crippen LogP contribution in [0, 0.1) is 0 Å². The van der Waals surface area contributed by atoms with Gasteiger partial charge in [0.25, 0.3) is 0 Å². The number of nitrogens with two attached hydrogens (primary N) is 1. The van der Waals surface area contributed by atoms with Crippen LogP contribution in [0.4, 0.5) is 5.69 Å². The molecule has 0 saturated heterocycles. The van der Waals surface area contributed by atoms with E-state index in [-0.39, 0.29) is 5.96 Å². The lowest BCUT2D eigenvalue weighted by Crippen LogP contribution is -2.13. The van der Waals surface area contributed by atoms with Gasteiger partial charge in [0.2, 0.25) is 5.96 Å². The van der Waals surface area contributed by atoms with Crippen LogP contribution in [0.15, 0.2) is 58.5 Å². The van der Waals surface area contributed by atoms with Crippen LogP contribution >= 0.6 is 11.6 Å². The maximum Gasteiger partial charge on any atom is 0.217 e. The lowest BCUT2D eigenvalue weighted by Gasteiger charge is -2.10. The molecule has 6 heteroatoms. The van der Waals surface area contributed by atoms with Gasteiger partial charge in [0.1, 0.15) is 24.7 Å². The standard InChI is InChI=1S/C16H15ClN4O/c17-12-6-13(20-15-9-19-16(18)21-15)8-14(7-12)22-10-11-4-2-1-3-5-11/h1-8H,9-10H2,(H3,18,19,20,21). The molecule has 22 heavy (non-hydrogen) atoms. The molecule has 5 nitrogen and oxygen atoms in total. The maximum absolute atomic E-state index is 6.13. The fourth-order valence-electron chi connectivity index (χ4n) is 2.06. The number of halogens is 1. The lowest BCUT2D eigenvalue weighted by molar-refractivity contribution is 0.306. The van der Waals surface area contributed by atoms with Gasteiger partial charge >= 0.3 is 0 Å². The van der Waals surface area contributed by atoms with Crippen LogP contribution in [-0.2, 0) is 6.61 Å². The summed E-state index contributed by atoms with van der Waals surface area (Å²) in [5.41, 5.74) is 7.41. The van der Waals surface area contributed by atoms with E-state index in [4.69, 9.17) is 22.1 Å². The predicted molar refractivity (Wildman–Crippen MR) is 89.8 cm³/mol. The van der Waals surface area contributed by atoms with Crippen molar-refractivity contribution in [2.75, 3.05) is 11.9 Å². The zero-order valence-electron chi connectivity index (χ0n) is 11.8. The molecule has 1 aliphatic heterocycles. The number of rotatable bonds is 4. The van der Waals surface area contributed by atoms with Crippen LogP contribution in [0.2, 0.25) is 5.02 Å². The highest BCUT2D eigenvalue weighted by Gasteiger charge is 2.09. The van der Waals surface area contributed by atoms with E-state index < -0.39 is 0 Å². The number of anilines is 1. The van der Waals surface area contributed by atoms with Gasteiger partial charge in [0.15, 0.2) is 0 Å². The monoisotopic (exact) mass is 314 g/mol. The molecule has 0 bridgehead atoms. The number of guanidine groups is 1. The van der Waals surface area contributed by atoms with E-state index in [0.717, 1.165) is 11.3 Å². The zero-order valence-corrected chi connectivity index (χ0v) is 12.5. The van der Waals surface area contributed by atoms with Crippen molar-refractivity contribution in [3.8, 4) is 5.75 Å². The van der Waals surface area contributed by atoms with Crippen molar-refractivity contribution < 1.29 is 4.74 Å². The van der Waals surface area contributed by atoms with Gasteiger partial charge in [-0.25, -0.2) is 4.99 Å². The van der Waals surface area contributed by atoms with Crippen molar-refractivity contribution in [3.05, 3.63) is 59.1 Å². The Bertz CT molecular complexity index is 728. The molecule has 0 unspecified atom stereocenters. The number of hydrogen-bond donors (Lipinski definition) is 2. The second-order valence-electron chi connectivity index (χ2n) is 4.81. The third-order valence-corrected chi connectivity index (χ3v) is 3.27. The molecule has 1 aliphatic rings. The fraction of sp³-hybridized carbons (Fsp3) is 0.125. The molecule has 3 N–H and O–H groups in total. The Morgan fingerprint density at radius 1 is 1.18 bits per heavy atom. The molecule has 0 radical (unpaired) electrons. The smallest absolute Gasteiger partial charge is 0.217 e. The minimum absolute atomic E-state index is 0.282. The highest BCUT2D eigenvalue weighted by Crippen LogP contribution is 2.25. The van der Waals surface area contributed by atoms with Gasteiger partial charge < -0.3 is 15.8 Å². The highest BCUT2D eigenvalue weighted by molar-refractivity contribution is 6.31. The summed E-state index contributed by atoms with van der Waals surface area (Å²) in [5.74, 6) is 1.66. The van der Waals surface area contributed by atoms with Crippen LogP contribution in [0.3, 0.4) is 0 Å². The Balaban J connectivity index is 1.68. The van der Waals surface area contributed by atoms with E-state index in [1.54, 1.807) is 12.1 Å². The molecule has 1 heterocycles. The van der Waals surface area contributed by atoms with Gasteiger partial charge in [0, 0.05) is 16.8 Å². The minimum atomic E-state index is 0.282. The fourth-order valence-corrected chi connectivity index (χ4v) is 2.28. The number of aliphatic imine (C=N–C) groups is 2. The first-order valence-electron chi connectivity index (χ1n) is 6.81. The Labute approximate surface area is 133 Å². The number of ether oxygens (including phenoxy) is 1. The van der Waals surface area contributed by atoms with E-state index in [1.165, 1.54) is 0 Å². The first-order valence-corrected chi connectivity index (χ1v) is 7.19. The summed E-state index contributed by atoms with van der Waals surface area (Å²) in [4.78, 5) is 8.08. The number of amidine groups is 1. The van der Waals surface area contributed by atoms with Gasteiger partial charge in [0.05, 0.1) is 0 Å². The second kappa shape index (κ2) is 6.49. The molecule has 0 spiro atoms. The summed E-state index contributed by atoms with van der Waals surface area (Å²) in [6.45, 7) is 0.927. The Morgan fingerprint density at radius 3 is 2.73 bits per heavy atom. The molecule has 2 aromatic carbocycles. The normalized spacial score (nSPS) is 13.5. The largest absolute Gasteiger partial charge is 0.489 e. The Kier molecular flexibility index (Phi) is 4.25. The Hall–Kier alpha value is -2.53. The SMILES string of the molecule is NC1=NCC(Nc2cc(Cl)cc(OCc3ccccc3)c2)=N1. The number of benzene rings is 2. The summed E-state index contributed by atoms with van der Waals surface area (Å²) in [6, 6.07) is 15.4.